The minimum absolute atomic E-state index is 0.118. The number of nitrogens with zero attached hydrogens (tertiary/aromatic N) is 3. The number of carbonyl (C=O) groups is 2. The van der Waals surface area contributed by atoms with E-state index in [9.17, 15) is 9.59 Å². The smallest absolute Gasteiger partial charge is 0.356 e. The standard InChI is InChI=1S/C16H17N3O3/c1-4-19(14-7-5-6-10(2)11(14)3)15(20)12-8-18-13(9-17-12)16(21)22/h5-9H,4H2,1-3H3,(H,21,22). The summed E-state index contributed by atoms with van der Waals surface area (Å²) in [4.78, 5) is 32.6. The Morgan fingerprint density at radius 1 is 1.14 bits per heavy atom. The summed E-state index contributed by atoms with van der Waals surface area (Å²) in [5.41, 5.74) is 2.86. The van der Waals surface area contributed by atoms with Crippen molar-refractivity contribution in [3.8, 4) is 0 Å². The maximum atomic E-state index is 12.6. The predicted octanol–water partition coefficient (Wildman–Crippen LogP) is 2.46. The van der Waals surface area contributed by atoms with Crippen LogP contribution in [0.5, 0.6) is 0 Å². The number of aromatic carboxylic acids is 1. The van der Waals surface area contributed by atoms with E-state index in [0.29, 0.717) is 6.54 Å². The molecule has 22 heavy (non-hydrogen) atoms. The van der Waals surface area contributed by atoms with E-state index in [1.165, 1.54) is 6.20 Å². The first-order chi connectivity index (χ1) is 10.5. The quantitative estimate of drug-likeness (QED) is 0.937. The van der Waals surface area contributed by atoms with E-state index >= 15 is 0 Å². The highest BCUT2D eigenvalue weighted by Gasteiger charge is 2.20. The van der Waals surface area contributed by atoms with Crippen LogP contribution in [-0.4, -0.2) is 33.5 Å². The Hall–Kier alpha value is -2.76. The largest absolute Gasteiger partial charge is 0.476 e. The van der Waals surface area contributed by atoms with Crippen LogP contribution in [0.2, 0.25) is 0 Å². The van der Waals surface area contributed by atoms with Crippen molar-refractivity contribution in [2.75, 3.05) is 11.4 Å². The van der Waals surface area contributed by atoms with Crippen molar-refractivity contribution in [2.45, 2.75) is 20.8 Å². The van der Waals surface area contributed by atoms with Crippen molar-refractivity contribution in [3.63, 3.8) is 0 Å². The van der Waals surface area contributed by atoms with Crippen LogP contribution in [0.25, 0.3) is 0 Å². The molecule has 0 aliphatic heterocycles. The van der Waals surface area contributed by atoms with Crippen LogP contribution >= 0.6 is 0 Å². The molecule has 0 saturated carbocycles. The molecule has 0 atom stereocenters. The van der Waals surface area contributed by atoms with Crippen LogP contribution in [0.3, 0.4) is 0 Å². The molecule has 0 radical (unpaired) electrons. The van der Waals surface area contributed by atoms with Gasteiger partial charge in [0.2, 0.25) is 0 Å². The van der Waals surface area contributed by atoms with Gasteiger partial charge in [-0.15, -0.1) is 0 Å². The first kappa shape index (κ1) is 15.6. The van der Waals surface area contributed by atoms with Gasteiger partial charge in [0, 0.05) is 12.2 Å². The SMILES string of the molecule is CCN(C(=O)c1cnc(C(=O)O)cn1)c1cccc(C)c1C. The van der Waals surface area contributed by atoms with Gasteiger partial charge in [0.15, 0.2) is 5.69 Å². The van der Waals surface area contributed by atoms with Crippen LogP contribution in [0, 0.1) is 13.8 Å². The Morgan fingerprint density at radius 2 is 1.77 bits per heavy atom. The molecule has 114 valence electrons. The molecule has 1 heterocycles. The molecule has 0 unspecified atom stereocenters. The Kier molecular flexibility index (Phi) is 4.50. The highest BCUT2D eigenvalue weighted by molar-refractivity contribution is 6.05. The number of benzene rings is 1. The van der Waals surface area contributed by atoms with Crippen molar-refractivity contribution in [1.29, 1.82) is 0 Å². The van der Waals surface area contributed by atoms with Gasteiger partial charge in [0.1, 0.15) is 5.69 Å². The molecule has 6 heteroatoms. The van der Waals surface area contributed by atoms with Crippen molar-refractivity contribution >= 4 is 17.6 Å². The molecule has 1 N–H and O–H groups in total. The van der Waals surface area contributed by atoms with E-state index in [2.05, 4.69) is 9.97 Å². The number of aryl methyl sites for hydroxylation is 1. The van der Waals surface area contributed by atoms with Crippen molar-refractivity contribution in [1.82, 2.24) is 9.97 Å². The molecule has 6 nitrogen and oxygen atoms in total. The molecule has 2 aromatic rings. The van der Waals surface area contributed by atoms with Gasteiger partial charge in [-0.2, -0.15) is 0 Å². The van der Waals surface area contributed by atoms with Gasteiger partial charge in [-0.05, 0) is 38.0 Å². The molecule has 1 amide bonds. The molecule has 1 aromatic carbocycles. The van der Waals surface area contributed by atoms with Gasteiger partial charge in [0.25, 0.3) is 5.91 Å². The fourth-order valence-electron chi connectivity index (χ4n) is 2.14. The second kappa shape index (κ2) is 6.34. The van der Waals surface area contributed by atoms with Crippen LogP contribution < -0.4 is 4.90 Å². The molecular weight excluding hydrogens is 282 g/mol. The average Bonchev–Trinajstić information content (AvgIpc) is 2.52. The zero-order valence-electron chi connectivity index (χ0n) is 12.7. The molecule has 2 rings (SSSR count). The lowest BCUT2D eigenvalue weighted by atomic mass is 10.1. The topological polar surface area (TPSA) is 83.4 Å². The Balaban J connectivity index is 2.36. The minimum Gasteiger partial charge on any atom is -0.476 e. The summed E-state index contributed by atoms with van der Waals surface area (Å²) in [7, 11) is 0. The van der Waals surface area contributed by atoms with Crippen molar-refractivity contribution in [3.05, 3.63) is 53.1 Å². The number of hydrogen-bond donors (Lipinski definition) is 1. The minimum atomic E-state index is -1.17. The zero-order chi connectivity index (χ0) is 16.3. The molecule has 0 saturated heterocycles. The van der Waals surface area contributed by atoms with Gasteiger partial charge in [-0.1, -0.05) is 12.1 Å². The maximum absolute atomic E-state index is 12.6. The highest BCUT2D eigenvalue weighted by atomic mass is 16.4. The molecule has 0 aliphatic rings. The number of anilines is 1. The molecule has 0 fully saturated rings. The van der Waals surface area contributed by atoms with E-state index in [0.717, 1.165) is 23.0 Å². The third-order valence-electron chi connectivity index (χ3n) is 3.52. The van der Waals surface area contributed by atoms with Crippen LogP contribution in [-0.2, 0) is 0 Å². The van der Waals surface area contributed by atoms with E-state index in [1.54, 1.807) is 4.90 Å². The summed E-state index contributed by atoms with van der Waals surface area (Å²) in [6.07, 6.45) is 2.28. The zero-order valence-corrected chi connectivity index (χ0v) is 12.7. The number of amides is 1. The van der Waals surface area contributed by atoms with Crippen LogP contribution in [0.4, 0.5) is 5.69 Å². The Bertz CT molecular complexity index is 711. The van der Waals surface area contributed by atoms with Crippen molar-refractivity contribution in [2.24, 2.45) is 0 Å². The second-order valence-corrected chi connectivity index (χ2v) is 4.86. The van der Waals surface area contributed by atoms with Gasteiger partial charge < -0.3 is 10.0 Å². The number of rotatable bonds is 4. The average molecular weight is 299 g/mol. The summed E-state index contributed by atoms with van der Waals surface area (Å²) in [6, 6.07) is 5.76. The van der Waals surface area contributed by atoms with Gasteiger partial charge in [-0.3, -0.25) is 4.79 Å². The number of carboxylic acids is 1. The lowest BCUT2D eigenvalue weighted by molar-refractivity contribution is 0.0689. The van der Waals surface area contributed by atoms with E-state index in [-0.39, 0.29) is 17.3 Å². The lowest BCUT2D eigenvalue weighted by Gasteiger charge is -2.23. The summed E-state index contributed by atoms with van der Waals surface area (Å²) in [5.74, 6) is -1.48. The summed E-state index contributed by atoms with van der Waals surface area (Å²) < 4.78 is 0. The van der Waals surface area contributed by atoms with E-state index in [4.69, 9.17) is 5.11 Å². The maximum Gasteiger partial charge on any atom is 0.356 e. The summed E-state index contributed by atoms with van der Waals surface area (Å²) in [6.45, 7) is 6.29. The highest BCUT2D eigenvalue weighted by Crippen LogP contribution is 2.23. The Labute approximate surface area is 128 Å². The number of aromatic nitrogens is 2. The number of hydrogen-bond acceptors (Lipinski definition) is 4. The summed E-state index contributed by atoms with van der Waals surface area (Å²) >= 11 is 0. The van der Waals surface area contributed by atoms with E-state index in [1.807, 2.05) is 39.0 Å². The van der Waals surface area contributed by atoms with E-state index < -0.39 is 5.97 Å². The van der Waals surface area contributed by atoms with Gasteiger partial charge >= 0.3 is 5.97 Å². The monoisotopic (exact) mass is 299 g/mol. The molecule has 0 spiro atoms. The van der Waals surface area contributed by atoms with Gasteiger partial charge in [0.05, 0.1) is 12.4 Å². The first-order valence-corrected chi connectivity index (χ1v) is 6.89. The molecule has 0 bridgehead atoms. The third kappa shape index (κ3) is 2.95. The predicted molar refractivity (Wildman–Crippen MR) is 82.3 cm³/mol. The summed E-state index contributed by atoms with van der Waals surface area (Å²) in [5, 5.41) is 8.82. The number of carbonyl (C=O) groups excluding carboxylic acids is 1. The normalized spacial score (nSPS) is 10.3. The molecular formula is C16H17N3O3. The fraction of sp³-hybridized carbons (Fsp3) is 0.250. The number of carboxylic acid groups (broad SMARTS) is 1. The Morgan fingerprint density at radius 3 is 2.32 bits per heavy atom. The van der Waals surface area contributed by atoms with Crippen LogP contribution in [0.15, 0.2) is 30.6 Å². The molecule has 0 aliphatic carbocycles. The molecule has 1 aromatic heterocycles. The third-order valence-corrected chi connectivity index (χ3v) is 3.52. The van der Waals surface area contributed by atoms with Crippen molar-refractivity contribution < 1.29 is 14.7 Å². The fourth-order valence-corrected chi connectivity index (χ4v) is 2.14. The lowest BCUT2D eigenvalue weighted by Crippen LogP contribution is -2.32. The van der Waals surface area contributed by atoms with Crippen LogP contribution in [0.1, 0.15) is 39.0 Å². The van der Waals surface area contributed by atoms with Gasteiger partial charge in [-0.25, -0.2) is 14.8 Å². The second-order valence-electron chi connectivity index (χ2n) is 4.86. The first-order valence-electron chi connectivity index (χ1n) is 6.89.